The summed E-state index contributed by atoms with van der Waals surface area (Å²) in [6, 6.07) is 7.01. The van der Waals surface area contributed by atoms with Crippen LogP contribution in [0.3, 0.4) is 0 Å². The molecule has 0 bridgehead atoms. The number of rotatable bonds is 5. The van der Waals surface area contributed by atoms with Gasteiger partial charge >= 0.3 is 6.09 Å². The molecule has 0 N–H and O–H groups in total. The van der Waals surface area contributed by atoms with E-state index >= 15 is 0 Å². The van der Waals surface area contributed by atoms with Crippen molar-refractivity contribution in [2.75, 3.05) is 42.6 Å². The predicted molar refractivity (Wildman–Crippen MR) is 134 cm³/mol. The number of carbonyl (C=O) groups excluding carboxylic acids is 4. The smallest absolute Gasteiger partial charge is 0.414 e. The van der Waals surface area contributed by atoms with Gasteiger partial charge in [-0.15, -0.1) is 13.2 Å². The summed E-state index contributed by atoms with van der Waals surface area (Å²) in [5, 5.41) is 0. The Kier molecular flexibility index (Phi) is 9.96. The van der Waals surface area contributed by atoms with Gasteiger partial charge in [0.15, 0.2) is 0 Å². The Morgan fingerprint density at radius 1 is 1.00 bits per heavy atom. The van der Waals surface area contributed by atoms with Crippen molar-refractivity contribution in [1.82, 2.24) is 4.90 Å². The first-order chi connectivity index (χ1) is 16.9. The van der Waals surface area contributed by atoms with Gasteiger partial charge in [-0.2, -0.15) is 0 Å². The molecule has 0 saturated carbocycles. The molecule has 2 fully saturated rings. The molecule has 35 heavy (non-hydrogen) atoms. The van der Waals surface area contributed by atoms with Crippen LogP contribution in [0.25, 0.3) is 0 Å². The average molecular weight is 484 g/mol. The van der Waals surface area contributed by atoms with E-state index in [2.05, 4.69) is 13.2 Å². The van der Waals surface area contributed by atoms with Crippen LogP contribution in [0.2, 0.25) is 0 Å². The van der Waals surface area contributed by atoms with Gasteiger partial charge in [0, 0.05) is 29.1 Å². The highest BCUT2D eigenvalue weighted by molar-refractivity contribution is 6.20. The zero-order valence-electron chi connectivity index (χ0n) is 20.8. The third-order valence-corrected chi connectivity index (χ3v) is 5.50. The quantitative estimate of drug-likeness (QED) is 0.470. The van der Waals surface area contributed by atoms with E-state index in [9.17, 15) is 19.2 Å². The molecule has 3 heterocycles. The zero-order valence-corrected chi connectivity index (χ0v) is 20.8. The van der Waals surface area contributed by atoms with E-state index < -0.39 is 12.2 Å². The summed E-state index contributed by atoms with van der Waals surface area (Å²) in [6.45, 7) is 14.6. The minimum Gasteiger partial charge on any atom is -0.442 e. The van der Waals surface area contributed by atoms with Crippen LogP contribution in [0.4, 0.5) is 16.2 Å². The number of morpholine rings is 1. The Morgan fingerprint density at radius 3 is 2.17 bits per heavy atom. The summed E-state index contributed by atoms with van der Waals surface area (Å²) in [6.07, 6.45) is 2.15. The third-order valence-electron chi connectivity index (χ3n) is 5.50. The van der Waals surface area contributed by atoms with E-state index in [-0.39, 0.29) is 37.4 Å². The molecule has 0 aliphatic carbocycles. The maximum atomic E-state index is 12.6. The van der Waals surface area contributed by atoms with Crippen molar-refractivity contribution < 1.29 is 28.7 Å². The highest BCUT2D eigenvalue weighted by Gasteiger charge is 2.40. The summed E-state index contributed by atoms with van der Waals surface area (Å²) in [4.78, 5) is 53.6. The van der Waals surface area contributed by atoms with E-state index in [0.717, 1.165) is 10.6 Å². The molecule has 188 valence electrons. The molecule has 3 aliphatic heterocycles. The molecule has 1 atom stereocenters. The number of ether oxygens (including phenoxy) is 2. The topological polar surface area (TPSA) is 96.5 Å². The van der Waals surface area contributed by atoms with Gasteiger partial charge in [-0.05, 0) is 38.1 Å². The van der Waals surface area contributed by atoms with Crippen LogP contribution in [-0.2, 0) is 23.9 Å². The maximum Gasteiger partial charge on any atom is 0.414 e. The van der Waals surface area contributed by atoms with Crippen molar-refractivity contribution >= 4 is 35.2 Å². The van der Waals surface area contributed by atoms with E-state index in [0.29, 0.717) is 30.0 Å². The number of hydrogen-bond donors (Lipinski definition) is 0. The molecule has 9 heteroatoms. The van der Waals surface area contributed by atoms with Crippen molar-refractivity contribution in [2.45, 2.75) is 33.8 Å². The number of imide groups is 1. The lowest BCUT2D eigenvalue weighted by atomic mass is 10.1. The molecule has 2 saturated heterocycles. The van der Waals surface area contributed by atoms with Crippen molar-refractivity contribution in [2.24, 2.45) is 0 Å². The van der Waals surface area contributed by atoms with Crippen molar-refractivity contribution in [3.05, 3.63) is 60.7 Å². The number of amides is 4. The summed E-state index contributed by atoms with van der Waals surface area (Å²) < 4.78 is 10.5. The zero-order chi connectivity index (χ0) is 26.1. The third kappa shape index (κ3) is 5.86. The van der Waals surface area contributed by atoms with Gasteiger partial charge in [0.1, 0.15) is 12.7 Å². The van der Waals surface area contributed by atoms with Crippen molar-refractivity contribution in [1.29, 1.82) is 0 Å². The largest absolute Gasteiger partial charge is 0.442 e. The lowest BCUT2D eigenvalue weighted by molar-refractivity contribution is -0.138. The highest BCUT2D eigenvalue weighted by Crippen LogP contribution is 2.28. The van der Waals surface area contributed by atoms with Crippen molar-refractivity contribution in [3.8, 4) is 0 Å². The van der Waals surface area contributed by atoms with Crippen LogP contribution in [0, 0.1) is 0 Å². The first kappa shape index (κ1) is 27.5. The lowest BCUT2D eigenvalue weighted by Gasteiger charge is -2.27. The second kappa shape index (κ2) is 12.7. The lowest BCUT2D eigenvalue weighted by Crippen LogP contribution is -2.41. The molecule has 1 aromatic carbocycles. The van der Waals surface area contributed by atoms with Crippen LogP contribution in [0.15, 0.2) is 60.7 Å². The average Bonchev–Trinajstić information content (AvgIpc) is 3.35. The standard InChI is InChI=1S/C22H23N3O6.C2H6.C2H4/c1-3-4-18-14(2)20(27)25(21(18)28)12-17-11-24(22(29)31-17)16-7-5-15(6-8-16)23-9-10-30-13-19(23)26;2*1-2/h3-8,17H,9-13H2,1-2H3;1-2H3;1-2H2/b4-3-;;. The number of benzene rings is 1. The van der Waals surface area contributed by atoms with E-state index in [1.165, 1.54) is 4.90 Å². The summed E-state index contributed by atoms with van der Waals surface area (Å²) in [7, 11) is 0. The number of hydrogen-bond acceptors (Lipinski definition) is 6. The summed E-state index contributed by atoms with van der Waals surface area (Å²) >= 11 is 0. The number of carbonyl (C=O) groups is 4. The summed E-state index contributed by atoms with van der Waals surface area (Å²) in [5.74, 6) is -0.859. The van der Waals surface area contributed by atoms with Gasteiger partial charge in [0.25, 0.3) is 17.7 Å². The first-order valence-electron chi connectivity index (χ1n) is 11.6. The fourth-order valence-electron chi connectivity index (χ4n) is 3.88. The number of anilines is 2. The molecule has 0 aromatic heterocycles. The second-order valence-corrected chi connectivity index (χ2v) is 7.49. The number of allylic oxidation sites excluding steroid dienone is 1. The minimum atomic E-state index is -0.626. The predicted octanol–water partition coefficient (Wildman–Crippen LogP) is 3.46. The van der Waals surface area contributed by atoms with Gasteiger partial charge in [-0.3, -0.25) is 24.2 Å². The van der Waals surface area contributed by atoms with Crippen LogP contribution in [-0.4, -0.2) is 67.7 Å². The Labute approximate surface area is 206 Å². The molecule has 4 rings (SSSR count). The van der Waals surface area contributed by atoms with Crippen LogP contribution >= 0.6 is 0 Å². The van der Waals surface area contributed by atoms with Crippen LogP contribution < -0.4 is 9.80 Å². The molecule has 0 radical (unpaired) electrons. The Morgan fingerprint density at radius 2 is 1.60 bits per heavy atom. The van der Waals surface area contributed by atoms with Crippen LogP contribution in [0.5, 0.6) is 0 Å². The highest BCUT2D eigenvalue weighted by atomic mass is 16.6. The van der Waals surface area contributed by atoms with Crippen molar-refractivity contribution in [3.63, 3.8) is 0 Å². The first-order valence-corrected chi connectivity index (χ1v) is 11.6. The normalized spacial score (nSPS) is 20.1. The molecule has 3 aliphatic rings. The molecule has 0 spiro atoms. The van der Waals surface area contributed by atoms with E-state index in [4.69, 9.17) is 9.47 Å². The molecule has 1 unspecified atom stereocenters. The van der Waals surface area contributed by atoms with Gasteiger partial charge < -0.3 is 14.4 Å². The van der Waals surface area contributed by atoms with Gasteiger partial charge in [-0.25, -0.2) is 4.79 Å². The Hall–Kier alpha value is -3.72. The molecule has 1 aromatic rings. The van der Waals surface area contributed by atoms with E-state index in [1.54, 1.807) is 55.2 Å². The maximum absolute atomic E-state index is 12.6. The molecular formula is C26H33N3O6. The molecular weight excluding hydrogens is 450 g/mol. The van der Waals surface area contributed by atoms with Gasteiger partial charge in [-0.1, -0.05) is 26.0 Å². The monoisotopic (exact) mass is 483 g/mol. The number of nitrogens with zero attached hydrogens (tertiary/aromatic N) is 3. The molecule has 9 nitrogen and oxygen atoms in total. The second-order valence-electron chi connectivity index (χ2n) is 7.49. The van der Waals surface area contributed by atoms with Gasteiger partial charge in [0.05, 0.1) is 19.7 Å². The molecule has 4 amide bonds. The Balaban J connectivity index is 0.00000103. The minimum absolute atomic E-state index is 0.00133. The number of cyclic esters (lactones) is 1. The van der Waals surface area contributed by atoms with Gasteiger partial charge in [0.2, 0.25) is 0 Å². The van der Waals surface area contributed by atoms with E-state index in [1.807, 2.05) is 13.8 Å². The fourth-order valence-corrected chi connectivity index (χ4v) is 3.88. The van der Waals surface area contributed by atoms with Crippen LogP contribution in [0.1, 0.15) is 27.7 Å². The Bertz CT molecular complexity index is 1010. The summed E-state index contributed by atoms with van der Waals surface area (Å²) in [5.41, 5.74) is 2.09. The SMILES string of the molecule is C/C=C\C1=C(C)C(=O)N(CC2CN(c3ccc(N4CCOCC4=O)cc3)C(=O)O2)C1=O.C=C.CC. The fraction of sp³-hybridized carbons (Fsp3) is 0.385.